The fourth-order valence-corrected chi connectivity index (χ4v) is 3.32. The minimum atomic E-state index is -5.02. The highest BCUT2D eigenvalue weighted by molar-refractivity contribution is 5.53. The van der Waals surface area contributed by atoms with Gasteiger partial charge in [-0.15, -0.1) is 0 Å². The first-order chi connectivity index (χ1) is 20.1. The average molecular weight is 657 g/mol. The minimum absolute atomic E-state index is 0.525. The van der Waals surface area contributed by atoms with Gasteiger partial charge in [0.1, 0.15) is 5.75 Å². The Hall–Kier alpha value is -3.88. The highest BCUT2D eigenvalue weighted by atomic mass is 19.3. The smallest absolute Gasteiger partial charge is 0.428 e. The van der Waals surface area contributed by atoms with Crippen LogP contribution in [0.15, 0.2) is 84.0 Å². The van der Waals surface area contributed by atoms with Crippen molar-refractivity contribution in [1.29, 1.82) is 0 Å². The van der Waals surface area contributed by atoms with E-state index in [1.54, 1.807) is 0 Å². The van der Waals surface area contributed by atoms with Gasteiger partial charge in [0.05, 0.1) is 11.0 Å². The molecule has 3 rings (SSSR count). The van der Waals surface area contributed by atoms with Crippen molar-refractivity contribution in [3.8, 4) is 5.75 Å². The van der Waals surface area contributed by atoms with Crippen LogP contribution in [0, 0.1) is 10.1 Å². The van der Waals surface area contributed by atoms with Crippen LogP contribution < -0.4 is 16.2 Å². The molecule has 0 amide bonds. The minimum Gasteiger partial charge on any atom is -0.428 e. The Balaban J connectivity index is 0.000000358. The maximum atomic E-state index is 13.4. The van der Waals surface area contributed by atoms with Gasteiger partial charge in [0.2, 0.25) is 0 Å². The molecule has 0 saturated carbocycles. The summed E-state index contributed by atoms with van der Waals surface area (Å²) in [4.78, 5) is 9.41. The van der Waals surface area contributed by atoms with Crippen LogP contribution in [0.4, 0.5) is 58.4 Å². The third-order valence-corrected chi connectivity index (χ3v) is 5.22. The number of hydrogen-bond acceptors (Lipinski definition) is 7. The molecule has 0 radical (unpaired) electrons. The van der Waals surface area contributed by atoms with Gasteiger partial charge in [0.15, 0.2) is 11.4 Å². The first-order valence-electron chi connectivity index (χ1n) is 11.4. The Kier molecular flexibility index (Phi) is 11.1. The van der Waals surface area contributed by atoms with Crippen LogP contribution in [0.3, 0.4) is 0 Å². The molecule has 2 aliphatic carbocycles. The van der Waals surface area contributed by atoms with Crippen LogP contribution in [-0.4, -0.2) is 54.0 Å². The largest absolute Gasteiger partial charge is 0.461 e. The second-order valence-corrected chi connectivity index (χ2v) is 8.50. The zero-order valence-corrected chi connectivity index (χ0v) is 21.3. The van der Waals surface area contributed by atoms with E-state index in [1.165, 1.54) is 12.2 Å². The van der Waals surface area contributed by atoms with E-state index in [1.807, 2.05) is 0 Å². The number of nitro benzene ring substituents is 1. The fourth-order valence-electron chi connectivity index (χ4n) is 3.32. The summed E-state index contributed by atoms with van der Waals surface area (Å²) in [5.74, 6) is -0.695. The van der Waals surface area contributed by atoms with Gasteiger partial charge in [0, 0.05) is 17.2 Å². The molecule has 0 aliphatic heterocycles. The van der Waals surface area contributed by atoms with Gasteiger partial charge < -0.3 is 4.74 Å². The molecule has 1 aromatic carbocycles. The van der Waals surface area contributed by atoms with E-state index in [0.29, 0.717) is 6.07 Å². The number of non-ortho nitro benzene ring substituents is 1. The van der Waals surface area contributed by atoms with Crippen molar-refractivity contribution in [3.63, 3.8) is 0 Å². The second kappa shape index (κ2) is 13.4. The number of ether oxygens (including phenoxy) is 3. The van der Waals surface area contributed by atoms with Crippen LogP contribution in [0.1, 0.15) is 0 Å². The molecule has 20 heteroatoms. The molecule has 244 valence electrons. The van der Waals surface area contributed by atoms with Crippen molar-refractivity contribution in [2.45, 2.75) is 49.1 Å². The predicted molar refractivity (Wildman–Crippen MR) is 126 cm³/mol. The van der Waals surface area contributed by atoms with Crippen molar-refractivity contribution in [3.05, 3.63) is 94.1 Å². The molecule has 0 spiro atoms. The van der Waals surface area contributed by atoms with Gasteiger partial charge in [-0.2, -0.15) is 35.1 Å². The number of halogens is 12. The third-order valence-electron chi connectivity index (χ3n) is 5.22. The van der Waals surface area contributed by atoms with Crippen molar-refractivity contribution in [1.82, 2.24) is 0 Å². The van der Waals surface area contributed by atoms with E-state index >= 15 is 0 Å². The quantitative estimate of drug-likeness (QED) is 0.129. The fraction of sp³-hybridized carbons (Fsp3) is 0.333. The van der Waals surface area contributed by atoms with Crippen LogP contribution in [0.5, 0.6) is 5.75 Å². The molecule has 0 heterocycles. The van der Waals surface area contributed by atoms with Crippen LogP contribution >= 0.6 is 0 Å². The standard InChI is InChI=1S/C16H14F8N2O2.C8H5F4NO3/c17-11(18)15(21,22)27-13(25)7-3-1-5-9(13)10-6-2-4-8-14(10,26)28-16(23,24)12(19)20;9-7(10)8(11,12)16-6-3-1-2-5(4-6)13(14)15/h1-8,11-12H,25-26H2;1-4,7H/b10-9+;. The topological polar surface area (TPSA) is 123 Å². The normalized spacial score (nSPS) is 23.8. The highest BCUT2D eigenvalue weighted by Gasteiger charge is 2.53. The first-order valence-corrected chi connectivity index (χ1v) is 11.4. The SMILES string of the molecule is NC1(OC(F)(F)C(F)F)C=CC=C/C1=C1/C=CC=CC1(N)OC(F)(F)C(F)F.O=[N+]([O-])c1cccc(OC(F)(F)C(F)F)c1. The Morgan fingerprint density at radius 1 is 0.705 bits per heavy atom. The zero-order chi connectivity index (χ0) is 33.7. The number of benzene rings is 1. The summed E-state index contributed by atoms with van der Waals surface area (Å²) in [5.41, 5.74) is 4.13. The van der Waals surface area contributed by atoms with Gasteiger partial charge in [-0.05, 0) is 18.2 Å². The van der Waals surface area contributed by atoms with Crippen LogP contribution in [0.25, 0.3) is 0 Å². The van der Waals surface area contributed by atoms with E-state index in [4.69, 9.17) is 11.5 Å². The van der Waals surface area contributed by atoms with Crippen LogP contribution in [-0.2, 0) is 9.47 Å². The maximum Gasteiger partial charge on any atom is 0.461 e. The molecular formula is C24H19F12N3O5. The second-order valence-electron chi connectivity index (χ2n) is 8.50. The summed E-state index contributed by atoms with van der Waals surface area (Å²) >= 11 is 0. The van der Waals surface area contributed by atoms with Crippen molar-refractivity contribution in [2.75, 3.05) is 0 Å². The lowest BCUT2D eigenvalue weighted by atomic mass is 9.86. The van der Waals surface area contributed by atoms with Crippen LogP contribution in [0.2, 0.25) is 0 Å². The van der Waals surface area contributed by atoms with E-state index < -0.39 is 76.6 Å². The average Bonchev–Trinajstić information content (AvgIpc) is 2.88. The molecule has 4 N–H and O–H groups in total. The lowest BCUT2D eigenvalue weighted by molar-refractivity contribution is -0.385. The number of nitro groups is 1. The summed E-state index contributed by atoms with van der Waals surface area (Å²) in [6.07, 6.45) is -19.3. The van der Waals surface area contributed by atoms with Gasteiger partial charge in [-0.3, -0.25) is 31.1 Å². The molecule has 2 atom stereocenters. The predicted octanol–water partition coefficient (Wildman–Crippen LogP) is 6.43. The Morgan fingerprint density at radius 3 is 1.48 bits per heavy atom. The molecular weight excluding hydrogens is 638 g/mol. The summed E-state index contributed by atoms with van der Waals surface area (Å²) in [7, 11) is 0. The summed E-state index contributed by atoms with van der Waals surface area (Å²) in [5, 5.41) is 10.3. The molecule has 2 aliphatic rings. The molecule has 0 saturated heterocycles. The van der Waals surface area contributed by atoms with E-state index in [9.17, 15) is 62.8 Å². The molecule has 8 nitrogen and oxygen atoms in total. The molecule has 44 heavy (non-hydrogen) atoms. The van der Waals surface area contributed by atoms with E-state index in [0.717, 1.165) is 54.7 Å². The number of hydrogen-bond donors (Lipinski definition) is 2. The monoisotopic (exact) mass is 657 g/mol. The molecule has 0 fully saturated rings. The van der Waals surface area contributed by atoms with Gasteiger partial charge in [0.25, 0.3) is 5.69 Å². The Morgan fingerprint density at radius 2 is 1.11 bits per heavy atom. The lowest BCUT2D eigenvalue weighted by Gasteiger charge is -2.39. The van der Waals surface area contributed by atoms with Crippen molar-refractivity contribution < 1.29 is 71.8 Å². The van der Waals surface area contributed by atoms with Gasteiger partial charge >= 0.3 is 37.6 Å². The number of allylic oxidation sites excluding steroid dienone is 4. The van der Waals surface area contributed by atoms with Crippen molar-refractivity contribution in [2.24, 2.45) is 11.5 Å². The maximum absolute atomic E-state index is 13.4. The molecule has 0 bridgehead atoms. The lowest BCUT2D eigenvalue weighted by Crippen LogP contribution is -2.55. The summed E-state index contributed by atoms with van der Waals surface area (Å²) < 4.78 is 164. The molecule has 1 aromatic rings. The van der Waals surface area contributed by atoms with Crippen molar-refractivity contribution >= 4 is 5.69 Å². The van der Waals surface area contributed by atoms with E-state index in [2.05, 4.69) is 14.2 Å². The third kappa shape index (κ3) is 8.83. The van der Waals surface area contributed by atoms with E-state index in [-0.39, 0.29) is 0 Å². The molecule has 2 unspecified atom stereocenters. The first kappa shape index (κ1) is 36.3. The number of alkyl halides is 12. The Labute approximate surface area is 238 Å². The van der Waals surface area contributed by atoms with Gasteiger partial charge in [-0.25, -0.2) is 17.6 Å². The highest BCUT2D eigenvalue weighted by Crippen LogP contribution is 2.41. The number of nitrogens with two attached hydrogens (primary N) is 2. The van der Waals surface area contributed by atoms with Gasteiger partial charge in [-0.1, -0.05) is 42.5 Å². The Bertz CT molecular complexity index is 1290. The zero-order valence-electron chi connectivity index (χ0n) is 21.3. The number of nitrogens with zero attached hydrogens (tertiary/aromatic N) is 1. The summed E-state index contributed by atoms with van der Waals surface area (Å²) in [6.45, 7) is 0. The number of rotatable bonds is 10. The summed E-state index contributed by atoms with van der Waals surface area (Å²) in [6, 6.07) is 3.63. The molecule has 0 aromatic heterocycles.